The van der Waals surface area contributed by atoms with Crippen LogP contribution in [0.5, 0.6) is 0 Å². The minimum absolute atomic E-state index is 0. The summed E-state index contributed by atoms with van der Waals surface area (Å²) in [5.41, 5.74) is 0. The summed E-state index contributed by atoms with van der Waals surface area (Å²) in [7, 11) is 0. The lowest BCUT2D eigenvalue weighted by molar-refractivity contribution is 0.318. The summed E-state index contributed by atoms with van der Waals surface area (Å²) in [6.07, 6.45) is 0. The molecule has 0 atom stereocenters. The van der Waals surface area contributed by atoms with E-state index in [9.17, 15) is 0 Å². The normalized spacial score (nSPS) is 3.00. The molecular formula is C5H22O. The second-order valence-electron chi connectivity index (χ2n) is 0.316. The van der Waals surface area contributed by atoms with Crippen LogP contribution in [0.15, 0.2) is 0 Å². The van der Waals surface area contributed by atoms with Gasteiger partial charge in [-0.15, -0.1) is 0 Å². The lowest BCUT2D eigenvalue weighted by atomic mass is 10.9. The SMILES string of the molecule is C.C.C.CCO.[HH].[HH]. The number of aliphatic hydroxyl groups is 1. The van der Waals surface area contributed by atoms with Gasteiger partial charge in [-0.1, -0.05) is 22.3 Å². The van der Waals surface area contributed by atoms with Crippen molar-refractivity contribution in [2.75, 3.05) is 6.61 Å². The van der Waals surface area contributed by atoms with Gasteiger partial charge in [0.2, 0.25) is 0 Å². The number of aliphatic hydroxyl groups excluding tert-OH is 1. The van der Waals surface area contributed by atoms with Crippen molar-refractivity contribution in [1.82, 2.24) is 0 Å². The summed E-state index contributed by atoms with van der Waals surface area (Å²) >= 11 is 0. The molecule has 48 valence electrons. The van der Waals surface area contributed by atoms with E-state index in [1.807, 2.05) is 0 Å². The molecule has 0 aromatic rings. The highest BCUT2D eigenvalue weighted by Crippen LogP contribution is 1.30. The van der Waals surface area contributed by atoms with Crippen molar-refractivity contribution in [1.29, 1.82) is 0 Å². The maximum absolute atomic E-state index is 7.57. The fourth-order valence-electron chi connectivity index (χ4n) is 0. The van der Waals surface area contributed by atoms with Crippen LogP contribution in [0.3, 0.4) is 0 Å². The zero-order valence-electron chi connectivity index (χ0n) is 2.15. The zero-order chi connectivity index (χ0) is 2.71. The first-order valence-electron chi connectivity index (χ1n) is 1.02. The number of hydrogen-bond donors (Lipinski definition) is 1. The largest absolute Gasteiger partial charge is 0.397 e. The predicted octanol–water partition coefficient (Wildman–Crippen LogP) is 2.40. The number of hydrogen-bond acceptors (Lipinski definition) is 1. The van der Waals surface area contributed by atoms with Crippen LogP contribution in [0, 0.1) is 0 Å². The molecule has 0 radical (unpaired) electrons. The molecule has 0 bridgehead atoms. The van der Waals surface area contributed by atoms with Gasteiger partial charge in [-0.2, -0.15) is 0 Å². The molecule has 1 heteroatoms. The third-order valence-corrected chi connectivity index (χ3v) is 0. The smallest absolute Gasteiger partial charge is 0.0402 e. The van der Waals surface area contributed by atoms with Gasteiger partial charge in [-0.3, -0.25) is 0 Å². The summed E-state index contributed by atoms with van der Waals surface area (Å²) in [4.78, 5) is 0. The summed E-state index contributed by atoms with van der Waals surface area (Å²) in [5.74, 6) is 0. The molecule has 1 N–H and O–H groups in total. The molecule has 0 fully saturated rings. The Morgan fingerprint density at radius 1 is 1.33 bits per heavy atom. The summed E-state index contributed by atoms with van der Waals surface area (Å²) in [6, 6.07) is 0. The fraction of sp³-hybridized carbons (Fsp3) is 1.00. The van der Waals surface area contributed by atoms with Gasteiger partial charge < -0.3 is 5.11 Å². The minimum atomic E-state index is 0. The third kappa shape index (κ3) is 21700. The van der Waals surface area contributed by atoms with Crippen LogP contribution in [0.2, 0.25) is 0 Å². The molecule has 0 aliphatic carbocycles. The first-order valence-corrected chi connectivity index (χ1v) is 1.02. The summed E-state index contributed by atoms with van der Waals surface area (Å²) in [5, 5.41) is 7.57. The maximum Gasteiger partial charge on any atom is 0.0402 e. The van der Waals surface area contributed by atoms with Crippen molar-refractivity contribution in [3.05, 3.63) is 0 Å². The monoisotopic (exact) mass is 98.2 g/mol. The van der Waals surface area contributed by atoms with E-state index < -0.39 is 0 Å². The van der Waals surface area contributed by atoms with E-state index in [2.05, 4.69) is 0 Å². The van der Waals surface area contributed by atoms with Crippen LogP contribution in [0.25, 0.3) is 0 Å². The van der Waals surface area contributed by atoms with Crippen LogP contribution < -0.4 is 0 Å². The molecule has 0 amide bonds. The first kappa shape index (κ1) is 38.2. The van der Waals surface area contributed by atoms with E-state index in [0.717, 1.165) is 0 Å². The minimum Gasteiger partial charge on any atom is -0.397 e. The topological polar surface area (TPSA) is 20.2 Å². The van der Waals surface area contributed by atoms with Crippen LogP contribution in [0.1, 0.15) is 32.1 Å². The molecule has 0 spiro atoms. The van der Waals surface area contributed by atoms with Gasteiger partial charge in [0.1, 0.15) is 0 Å². The first-order chi connectivity index (χ1) is 1.41. The van der Waals surface area contributed by atoms with Gasteiger partial charge in [-0.05, 0) is 6.92 Å². The molecule has 0 aromatic carbocycles. The lowest BCUT2D eigenvalue weighted by Crippen LogP contribution is -1.57. The lowest BCUT2D eigenvalue weighted by Gasteiger charge is -1.52. The van der Waals surface area contributed by atoms with Gasteiger partial charge in [0.05, 0.1) is 0 Å². The Balaban J connectivity index is -0.00000000200. The van der Waals surface area contributed by atoms with Gasteiger partial charge in [0.15, 0.2) is 0 Å². The Hall–Kier alpha value is -0.0400. The molecule has 0 heterocycles. The van der Waals surface area contributed by atoms with Crippen LogP contribution >= 0.6 is 0 Å². The Bertz CT molecular complexity index is 10.4. The molecular weight excluding hydrogens is 76.1 g/mol. The molecule has 0 aliphatic heterocycles. The Labute approximate surface area is 45.0 Å². The van der Waals surface area contributed by atoms with E-state index in [-0.39, 0.29) is 31.7 Å². The molecule has 0 aliphatic rings. The average molecular weight is 98.2 g/mol. The molecule has 0 saturated carbocycles. The van der Waals surface area contributed by atoms with Gasteiger partial charge in [0, 0.05) is 9.46 Å². The summed E-state index contributed by atoms with van der Waals surface area (Å²) < 4.78 is 0. The Morgan fingerprint density at radius 2 is 1.33 bits per heavy atom. The van der Waals surface area contributed by atoms with Crippen molar-refractivity contribution in [3.8, 4) is 0 Å². The van der Waals surface area contributed by atoms with Crippen LogP contribution in [0.4, 0.5) is 0 Å². The van der Waals surface area contributed by atoms with E-state index in [1.165, 1.54) is 0 Å². The quantitative estimate of drug-likeness (QED) is 0.493. The molecule has 0 unspecified atom stereocenters. The van der Waals surface area contributed by atoms with Crippen molar-refractivity contribution in [2.24, 2.45) is 0 Å². The highest BCUT2D eigenvalue weighted by atomic mass is 16.2. The van der Waals surface area contributed by atoms with E-state index >= 15 is 0 Å². The second-order valence-corrected chi connectivity index (χ2v) is 0.316. The second kappa shape index (κ2) is 84.4. The molecule has 0 rings (SSSR count). The highest BCUT2D eigenvalue weighted by molar-refractivity contribution is 3.84. The molecule has 1 nitrogen and oxygen atoms in total. The van der Waals surface area contributed by atoms with E-state index in [1.54, 1.807) is 6.92 Å². The van der Waals surface area contributed by atoms with Crippen molar-refractivity contribution in [2.45, 2.75) is 29.2 Å². The maximum atomic E-state index is 7.57. The molecule has 0 saturated heterocycles. The molecule has 6 heavy (non-hydrogen) atoms. The summed E-state index contributed by atoms with van der Waals surface area (Å²) in [6.45, 7) is 1.93. The standard InChI is InChI=1S/C2H6O.3CH4.2H2/c1-2-3;;;;;/h3H,2H2,1H3;3*1H4;2*1H. The van der Waals surface area contributed by atoms with Crippen LogP contribution in [-0.4, -0.2) is 11.7 Å². The predicted molar refractivity (Wildman–Crippen MR) is 37.2 cm³/mol. The van der Waals surface area contributed by atoms with Crippen molar-refractivity contribution < 1.29 is 7.96 Å². The van der Waals surface area contributed by atoms with Gasteiger partial charge >= 0.3 is 0 Å². The molecule has 0 aromatic heterocycles. The third-order valence-electron chi connectivity index (χ3n) is 0. The number of rotatable bonds is 0. The Kier molecular flexibility index (Phi) is 537. The average Bonchev–Trinajstić information content (AvgIpc) is 0.918. The van der Waals surface area contributed by atoms with Crippen LogP contribution in [-0.2, 0) is 0 Å². The van der Waals surface area contributed by atoms with Crippen molar-refractivity contribution >= 4 is 0 Å². The fourth-order valence-corrected chi connectivity index (χ4v) is 0. The van der Waals surface area contributed by atoms with E-state index in [4.69, 9.17) is 5.11 Å². The highest BCUT2D eigenvalue weighted by Gasteiger charge is 1.34. The van der Waals surface area contributed by atoms with Crippen molar-refractivity contribution in [3.63, 3.8) is 0 Å². The van der Waals surface area contributed by atoms with Gasteiger partial charge in [0.25, 0.3) is 0 Å². The van der Waals surface area contributed by atoms with Gasteiger partial charge in [-0.25, -0.2) is 0 Å². The Morgan fingerprint density at radius 3 is 1.33 bits per heavy atom. The van der Waals surface area contributed by atoms with E-state index in [0.29, 0.717) is 0 Å². The zero-order valence-corrected chi connectivity index (χ0v) is 2.15.